The van der Waals surface area contributed by atoms with Crippen molar-refractivity contribution in [2.75, 3.05) is 0 Å². The highest BCUT2D eigenvalue weighted by molar-refractivity contribution is 7.59. The third kappa shape index (κ3) is 7.50. The molecule has 202 valence electrons. The van der Waals surface area contributed by atoms with Crippen molar-refractivity contribution in [1.82, 2.24) is 0 Å². The first-order chi connectivity index (χ1) is 16.3. The zero-order valence-corrected chi connectivity index (χ0v) is 23.9. The van der Waals surface area contributed by atoms with Crippen LogP contribution in [-0.4, -0.2) is 25.3 Å². The first-order valence-electron chi connectivity index (χ1n) is 13.6. The van der Waals surface area contributed by atoms with Crippen LogP contribution in [0.2, 0.25) is 0 Å². The molecular formula is C27H46O6S2. The van der Waals surface area contributed by atoms with Gasteiger partial charge in [-0.2, -0.15) is 0 Å². The van der Waals surface area contributed by atoms with Gasteiger partial charge in [0.05, 0.1) is 0 Å². The summed E-state index contributed by atoms with van der Waals surface area (Å²) < 4.78 is 50.7. The van der Waals surface area contributed by atoms with Crippen LogP contribution in [0, 0.1) is 46.3 Å². The van der Waals surface area contributed by atoms with Crippen LogP contribution in [0.25, 0.3) is 0 Å². The molecular weight excluding hydrogens is 484 g/mol. The van der Waals surface area contributed by atoms with Gasteiger partial charge in [0, 0.05) is 0 Å². The number of rotatable bonds is 5. The van der Waals surface area contributed by atoms with Crippen LogP contribution in [0.1, 0.15) is 112 Å². The lowest BCUT2D eigenvalue weighted by atomic mass is 9.47. The van der Waals surface area contributed by atoms with Crippen molar-refractivity contribution in [1.29, 1.82) is 0 Å². The average Bonchev–Trinajstić information content (AvgIpc) is 3.09. The topological polar surface area (TPSA) is 102 Å². The SMILES string of the molecule is CC(C)CCCC(C)C1CCC2C3CC=C4CCCCC4(C)C3CCC12C.O=S(=O)=O.O=S(=O)=O. The maximum atomic E-state index is 8.44. The van der Waals surface area contributed by atoms with Crippen molar-refractivity contribution >= 4 is 21.2 Å². The lowest BCUT2D eigenvalue weighted by Crippen LogP contribution is -2.50. The van der Waals surface area contributed by atoms with Gasteiger partial charge in [0.2, 0.25) is 0 Å². The van der Waals surface area contributed by atoms with E-state index < -0.39 is 21.2 Å². The van der Waals surface area contributed by atoms with Gasteiger partial charge in [-0.05, 0) is 97.7 Å². The Labute approximate surface area is 215 Å². The van der Waals surface area contributed by atoms with Crippen molar-refractivity contribution in [2.24, 2.45) is 46.3 Å². The second kappa shape index (κ2) is 13.0. The standard InChI is InChI=1S/C27H46.2O3S/c1-19(2)9-8-10-20(3)23-14-15-24-22-13-12-21-11-6-7-17-26(21,4)25(22)16-18-27(23,24)5;2*1-4(2)3/h12,19-20,22-25H,6-11,13-18H2,1-5H3;;. The molecule has 35 heavy (non-hydrogen) atoms. The minimum atomic E-state index is -3.11. The molecule has 7 atom stereocenters. The van der Waals surface area contributed by atoms with Crippen LogP contribution in [0.4, 0.5) is 0 Å². The van der Waals surface area contributed by atoms with Gasteiger partial charge < -0.3 is 0 Å². The summed E-state index contributed by atoms with van der Waals surface area (Å²) in [5.41, 5.74) is 3.09. The van der Waals surface area contributed by atoms with E-state index in [1.54, 1.807) is 0 Å². The second-order valence-corrected chi connectivity index (χ2v) is 13.2. The highest BCUT2D eigenvalue weighted by atomic mass is 32.2. The summed E-state index contributed by atoms with van der Waals surface area (Å²) in [6.45, 7) is 12.8. The maximum Gasteiger partial charge on any atom is 0.425 e. The van der Waals surface area contributed by atoms with Crippen LogP contribution in [0.3, 0.4) is 0 Å². The predicted molar refractivity (Wildman–Crippen MR) is 137 cm³/mol. The van der Waals surface area contributed by atoms with Crippen LogP contribution in [-0.2, 0) is 21.2 Å². The highest BCUT2D eigenvalue weighted by Gasteiger charge is 2.58. The van der Waals surface area contributed by atoms with E-state index >= 15 is 0 Å². The van der Waals surface area contributed by atoms with Crippen LogP contribution in [0.15, 0.2) is 11.6 Å². The van der Waals surface area contributed by atoms with E-state index in [9.17, 15) is 0 Å². The van der Waals surface area contributed by atoms with Crippen LogP contribution >= 0.6 is 0 Å². The van der Waals surface area contributed by atoms with E-state index in [1.165, 1.54) is 77.0 Å². The van der Waals surface area contributed by atoms with Gasteiger partial charge in [-0.1, -0.05) is 72.0 Å². The molecule has 3 fully saturated rings. The molecule has 0 N–H and O–H groups in total. The molecule has 0 saturated heterocycles. The Morgan fingerprint density at radius 1 is 0.857 bits per heavy atom. The molecule has 8 heteroatoms. The third-order valence-corrected chi connectivity index (χ3v) is 10.2. The molecule has 3 saturated carbocycles. The fourth-order valence-electron chi connectivity index (χ4n) is 8.72. The Bertz CT molecular complexity index is 912. The highest BCUT2D eigenvalue weighted by Crippen LogP contribution is 2.67. The van der Waals surface area contributed by atoms with E-state index in [2.05, 4.69) is 40.7 Å². The smallest absolute Gasteiger partial charge is 0.142 e. The van der Waals surface area contributed by atoms with Gasteiger partial charge in [-0.3, -0.25) is 0 Å². The number of hydrogen-bond acceptors (Lipinski definition) is 6. The molecule has 0 aromatic carbocycles. The molecule has 7 unspecified atom stereocenters. The van der Waals surface area contributed by atoms with Crippen LogP contribution in [0.5, 0.6) is 0 Å². The molecule has 0 radical (unpaired) electrons. The summed E-state index contributed by atoms with van der Waals surface area (Å²) in [6, 6.07) is 0. The lowest BCUT2D eigenvalue weighted by Gasteiger charge is -2.58. The zero-order chi connectivity index (χ0) is 26.4. The summed E-state index contributed by atoms with van der Waals surface area (Å²) in [5, 5.41) is 0. The molecule has 0 aromatic heterocycles. The maximum absolute atomic E-state index is 8.44. The number of hydrogen-bond donors (Lipinski definition) is 0. The van der Waals surface area contributed by atoms with Crippen molar-refractivity contribution in [2.45, 2.75) is 112 Å². The molecule has 4 aliphatic rings. The minimum absolute atomic E-state index is 0.573. The predicted octanol–water partition coefficient (Wildman–Crippen LogP) is 6.41. The largest absolute Gasteiger partial charge is 0.425 e. The third-order valence-electron chi connectivity index (χ3n) is 10.2. The molecule has 0 aliphatic heterocycles. The Morgan fingerprint density at radius 2 is 1.49 bits per heavy atom. The van der Waals surface area contributed by atoms with E-state index in [-0.39, 0.29) is 0 Å². The summed E-state index contributed by atoms with van der Waals surface area (Å²) in [4.78, 5) is 0. The van der Waals surface area contributed by atoms with E-state index in [1.807, 2.05) is 5.57 Å². The molecule has 0 aromatic rings. The first kappa shape index (κ1) is 30.2. The van der Waals surface area contributed by atoms with Crippen molar-refractivity contribution < 1.29 is 25.3 Å². The zero-order valence-electron chi connectivity index (χ0n) is 22.3. The minimum Gasteiger partial charge on any atom is -0.142 e. The van der Waals surface area contributed by atoms with Gasteiger partial charge in [0.1, 0.15) is 0 Å². The fourth-order valence-corrected chi connectivity index (χ4v) is 8.72. The summed E-state index contributed by atoms with van der Waals surface area (Å²) in [7, 11) is -6.22. The summed E-state index contributed by atoms with van der Waals surface area (Å²) in [5.74, 6) is 5.84. The van der Waals surface area contributed by atoms with E-state index in [0.717, 1.165) is 35.5 Å². The first-order valence-corrected chi connectivity index (χ1v) is 15.6. The number of allylic oxidation sites excluding steroid dienone is 2. The monoisotopic (exact) mass is 530 g/mol. The quantitative estimate of drug-likeness (QED) is 0.381. The molecule has 4 rings (SSSR count). The molecule has 4 aliphatic carbocycles. The Morgan fingerprint density at radius 3 is 2.09 bits per heavy atom. The van der Waals surface area contributed by atoms with Gasteiger partial charge in [-0.25, -0.2) is 0 Å². The van der Waals surface area contributed by atoms with Gasteiger partial charge in [-0.15, -0.1) is 25.3 Å². The van der Waals surface area contributed by atoms with Gasteiger partial charge in [0.15, 0.2) is 0 Å². The molecule has 0 spiro atoms. The van der Waals surface area contributed by atoms with Crippen molar-refractivity contribution in [3.8, 4) is 0 Å². The molecule has 0 bridgehead atoms. The Balaban J connectivity index is 0.000000473. The average molecular weight is 531 g/mol. The van der Waals surface area contributed by atoms with Crippen molar-refractivity contribution in [3.63, 3.8) is 0 Å². The van der Waals surface area contributed by atoms with E-state index in [4.69, 9.17) is 25.3 Å². The molecule has 6 nitrogen and oxygen atoms in total. The Hall–Kier alpha value is -1.02. The van der Waals surface area contributed by atoms with Crippen molar-refractivity contribution in [3.05, 3.63) is 11.6 Å². The molecule has 0 amide bonds. The Kier molecular flexibility index (Phi) is 11.2. The van der Waals surface area contributed by atoms with Gasteiger partial charge >= 0.3 is 21.2 Å². The van der Waals surface area contributed by atoms with Crippen LogP contribution < -0.4 is 0 Å². The molecule has 0 heterocycles. The van der Waals surface area contributed by atoms with Gasteiger partial charge in [0.25, 0.3) is 0 Å². The second-order valence-electron chi connectivity index (χ2n) is 12.4. The van der Waals surface area contributed by atoms with E-state index in [0.29, 0.717) is 10.8 Å². The lowest BCUT2D eigenvalue weighted by molar-refractivity contribution is -0.0500. The normalized spacial score (nSPS) is 36.1. The summed E-state index contributed by atoms with van der Waals surface area (Å²) in [6.07, 6.45) is 20.5. The fraction of sp³-hybridized carbons (Fsp3) is 0.926. The number of fused-ring (bicyclic) bond motifs is 5. The summed E-state index contributed by atoms with van der Waals surface area (Å²) >= 11 is 0.